The first kappa shape index (κ1) is 15.5. The quantitative estimate of drug-likeness (QED) is 0.518. The van der Waals surface area contributed by atoms with E-state index >= 15 is 0 Å². The number of methoxy groups -OCH3 is 1. The molecule has 0 aliphatic heterocycles. The lowest BCUT2D eigenvalue weighted by atomic mass is 9.97. The Labute approximate surface area is 145 Å². The maximum Gasteiger partial charge on any atom is 0.195 e. The van der Waals surface area contributed by atoms with Crippen LogP contribution in [-0.2, 0) is 11.3 Å². The second-order valence-corrected chi connectivity index (χ2v) is 5.98. The summed E-state index contributed by atoms with van der Waals surface area (Å²) in [6, 6.07) is 15.7. The Hall–Kier alpha value is -2.98. The highest BCUT2D eigenvalue weighted by atomic mass is 16.5. The van der Waals surface area contributed by atoms with Gasteiger partial charge in [0, 0.05) is 42.6 Å². The van der Waals surface area contributed by atoms with E-state index in [1.54, 1.807) is 19.5 Å². The molecule has 0 aliphatic rings. The molecular formula is C21H18N2O2. The van der Waals surface area contributed by atoms with Crippen LogP contribution in [0.2, 0.25) is 0 Å². The normalized spacial score (nSPS) is 11.2. The van der Waals surface area contributed by atoms with E-state index in [4.69, 9.17) is 4.74 Å². The monoisotopic (exact) mass is 330 g/mol. The highest BCUT2D eigenvalue weighted by Gasteiger charge is 2.18. The van der Waals surface area contributed by atoms with Crippen molar-refractivity contribution in [3.8, 4) is 0 Å². The maximum atomic E-state index is 13.3. The second-order valence-electron chi connectivity index (χ2n) is 5.98. The van der Waals surface area contributed by atoms with Gasteiger partial charge in [0.15, 0.2) is 5.78 Å². The molecule has 4 heteroatoms. The number of hydrogen-bond donors (Lipinski definition) is 0. The van der Waals surface area contributed by atoms with Gasteiger partial charge in [-0.15, -0.1) is 0 Å². The van der Waals surface area contributed by atoms with Crippen molar-refractivity contribution in [2.75, 3.05) is 13.7 Å². The van der Waals surface area contributed by atoms with E-state index in [0.29, 0.717) is 18.7 Å². The number of carbonyl (C=O) groups is 1. The van der Waals surface area contributed by atoms with E-state index in [-0.39, 0.29) is 5.78 Å². The molecule has 25 heavy (non-hydrogen) atoms. The molecule has 4 aromatic rings. The van der Waals surface area contributed by atoms with Crippen LogP contribution in [0, 0.1) is 0 Å². The predicted octanol–water partition coefficient (Wildman–Crippen LogP) is 4.07. The zero-order valence-corrected chi connectivity index (χ0v) is 14.0. The van der Waals surface area contributed by atoms with Crippen molar-refractivity contribution < 1.29 is 9.53 Å². The van der Waals surface area contributed by atoms with Crippen LogP contribution in [0.15, 0.2) is 67.1 Å². The summed E-state index contributed by atoms with van der Waals surface area (Å²) in [5, 5.41) is 2.96. The summed E-state index contributed by atoms with van der Waals surface area (Å²) < 4.78 is 7.21. The minimum absolute atomic E-state index is 0.0316. The molecule has 124 valence electrons. The van der Waals surface area contributed by atoms with E-state index in [2.05, 4.69) is 4.98 Å². The number of benzene rings is 2. The van der Waals surface area contributed by atoms with Crippen molar-refractivity contribution in [3.05, 3.63) is 78.2 Å². The van der Waals surface area contributed by atoms with Crippen LogP contribution < -0.4 is 0 Å². The fraction of sp³-hybridized carbons (Fsp3) is 0.143. The van der Waals surface area contributed by atoms with Crippen molar-refractivity contribution in [1.82, 2.24) is 9.55 Å². The summed E-state index contributed by atoms with van der Waals surface area (Å²) in [6.07, 6.45) is 5.43. The molecule has 0 atom stereocenters. The maximum absolute atomic E-state index is 13.3. The number of ether oxygens (including phenoxy) is 1. The van der Waals surface area contributed by atoms with Gasteiger partial charge in [-0.25, -0.2) is 0 Å². The van der Waals surface area contributed by atoms with Crippen LogP contribution in [0.25, 0.3) is 21.7 Å². The van der Waals surface area contributed by atoms with E-state index in [9.17, 15) is 4.79 Å². The smallest absolute Gasteiger partial charge is 0.195 e. The molecule has 0 radical (unpaired) electrons. The average Bonchev–Trinajstić information content (AvgIpc) is 3.04. The largest absolute Gasteiger partial charge is 0.383 e. The Balaban J connectivity index is 1.87. The Morgan fingerprint density at radius 1 is 1.04 bits per heavy atom. The molecule has 0 saturated heterocycles. The Bertz CT molecular complexity index is 1060. The lowest BCUT2D eigenvalue weighted by Gasteiger charge is -2.05. The van der Waals surface area contributed by atoms with Gasteiger partial charge in [-0.1, -0.05) is 42.5 Å². The number of pyridine rings is 1. The van der Waals surface area contributed by atoms with Crippen LogP contribution in [0.3, 0.4) is 0 Å². The topological polar surface area (TPSA) is 44.1 Å². The molecule has 0 fully saturated rings. The molecule has 0 spiro atoms. The molecular weight excluding hydrogens is 312 g/mol. The first-order chi connectivity index (χ1) is 12.3. The molecule has 0 saturated carbocycles. The third-order valence-corrected chi connectivity index (χ3v) is 4.50. The van der Waals surface area contributed by atoms with Gasteiger partial charge in [-0.2, -0.15) is 0 Å². The predicted molar refractivity (Wildman–Crippen MR) is 99.0 cm³/mol. The molecule has 0 N–H and O–H groups in total. The van der Waals surface area contributed by atoms with Crippen molar-refractivity contribution in [2.24, 2.45) is 0 Å². The summed E-state index contributed by atoms with van der Waals surface area (Å²) >= 11 is 0. The van der Waals surface area contributed by atoms with E-state index in [1.807, 2.05) is 59.3 Å². The van der Waals surface area contributed by atoms with Gasteiger partial charge in [-0.05, 0) is 16.8 Å². The zero-order valence-electron chi connectivity index (χ0n) is 14.0. The Morgan fingerprint density at radius 3 is 2.76 bits per heavy atom. The van der Waals surface area contributed by atoms with Crippen LogP contribution in [0.5, 0.6) is 0 Å². The van der Waals surface area contributed by atoms with Crippen LogP contribution in [0.1, 0.15) is 15.9 Å². The van der Waals surface area contributed by atoms with Gasteiger partial charge >= 0.3 is 0 Å². The standard InChI is InChI=1S/C21H18N2O2/c1-25-12-11-23-14-19(17-9-10-22-13-20(17)23)21(24)18-8-4-6-15-5-2-3-7-16(15)18/h2-10,13-14H,11-12H2,1H3. The highest BCUT2D eigenvalue weighted by molar-refractivity contribution is 6.21. The zero-order chi connectivity index (χ0) is 17.2. The molecule has 4 nitrogen and oxygen atoms in total. The van der Waals surface area contributed by atoms with Crippen molar-refractivity contribution in [3.63, 3.8) is 0 Å². The van der Waals surface area contributed by atoms with E-state index in [1.165, 1.54) is 0 Å². The van der Waals surface area contributed by atoms with Crippen LogP contribution in [-0.4, -0.2) is 29.1 Å². The van der Waals surface area contributed by atoms with Gasteiger partial charge in [0.2, 0.25) is 0 Å². The van der Waals surface area contributed by atoms with Crippen LogP contribution in [0.4, 0.5) is 0 Å². The van der Waals surface area contributed by atoms with Gasteiger partial charge in [0.1, 0.15) is 0 Å². The fourth-order valence-electron chi connectivity index (χ4n) is 3.26. The fourth-order valence-corrected chi connectivity index (χ4v) is 3.26. The molecule has 2 heterocycles. The lowest BCUT2D eigenvalue weighted by Crippen LogP contribution is -2.04. The Kier molecular flexibility index (Phi) is 4.04. The second kappa shape index (κ2) is 6.49. The van der Waals surface area contributed by atoms with Gasteiger partial charge in [0.25, 0.3) is 0 Å². The number of nitrogens with zero attached hydrogens (tertiary/aromatic N) is 2. The minimum atomic E-state index is 0.0316. The van der Waals surface area contributed by atoms with Crippen molar-refractivity contribution >= 4 is 27.5 Å². The van der Waals surface area contributed by atoms with Crippen LogP contribution >= 0.6 is 0 Å². The van der Waals surface area contributed by atoms with Crippen molar-refractivity contribution in [1.29, 1.82) is 0 Å². The summed E-state index contributed by atoms with van der Waals surface area (Å²) in [5.74, 6) is 0.0316. The number of hydrogen-bond acceptors (Lipinski definition) is 3. The summed E-state index contributed by atoms with van der Waals surface area (Å²) in [5.41, 5.74) is 2.37. The highest BCUT2D eigenvalue weighted by Crippen LogP contribution is 2.26. The first-order valence-electron chi connectivity index (χ1n) is 8.24. The molecule has 2 aromatic heterocycles. The van der Waals surface area contributed by atoms with E-state index in [0.717, 1.165) is 27.2 Å². The third kappa shape index (κ3) is 2.71. The number of aromatic nitrogens is 2. The molecule has 4 rings (SSSR count). The lowest BCUT2D eigenvalue weighted by molar-refractivity contribution is 0.104. The number of rotatable bonds is 5. The van der Waals surface area contributed by atoms with Gasteiger partial charge in [0.05, 0.1) is 18.3 Å². The molecule has 0 bridgehead atoms. The van der Waals surface area contributed by atoms with E-state index < -0.39 is 0 Å². The SMILES string of the molecule is COCCn1cc(C(=O)c2cccc3ccccc23)c2ccncc21. The summed E-state index contributed by atoms with van der Waals surface area (Å²) in [6.45, 7) is 1.27. The summed E-state index contributed by atoms with van der Waals surface area (Å²) in [4.78, 5) is 17.5. The number of ketones is 1. The third-order valence-electron chi connectivity index (χ3n) is 4.50. The summed E-state index contributed by atoms with van der Waals surface area (Å²) in [7, 11) is 1.67. The van der Waals surface area contributed by atoms with Crippen molar-refractivity contribution in [2.45, 2.75) is 6.54 Å². The Morgan fingerprint density at radius 2 is 1.88 bits per heavy atom. The molecule has 0 unspecified atom stereocenters. The van der Waals surface area contributed by atoms with Gasteiger partial charge < -0.3 is 9.30 Å². The average molecular weight is 330 g/mol. The first-order valence-corrected chi connectivity index (χ1v) is 8.24. The minimum Gasteiger partial charge on any atom is -0.383 e. The number of carbonyl (C=O) groups excluding carboxylic acids is 1. The number of fused-ring (bicyclic) bond motifs is 2. The van der Waals surface area contributed by atoms with Gasteiger partial charge in [-0.3, -0.25) is 9.78 Å². The molecule has 2 aromatic carbocycles. The molecule has 0 amide bonds. The molecule has 0 aliphatic carbocycles.